The Labute approximate surface area is 88.9 Å². The van der Waals surface area contributed by atoms with E-state index < -0.39 is 22.4 Å². The van der Waals surface area contributed by atoms with Crippen molar-refractivity contribution in [1.29, 1.82) is 0 Å². The van der Waals surface area contributed by atoms with E-state index in [0.717, 1.165) is 0 Å². The molecule has 0 amide bonds. The Morgan fingerprint density at radius 2 is 1.93 bits per heavy atom. The fraction of sp³-hybridized carbons (Fsp3) is 0.818. The summed E-state index contributed by atoms with van der Waals surface area (Å²) in [5, 5.41) is 0. The largest absolute Gasteiger partial charge is 0.466 e. The Bertz CT molecular complexity index is 346. The molecule has 1 saturated heterocycles. The van der Waals surface area contributed by atoms with E-state index in [-0.39, 0.29) is 5.97 Å². The lowest BCUT2D eigenvalue weighted by Gasteiger charge is -2.33. The smallest absolute Gasteiger partial charge is 0.350 e. The van der Waals surface area contributed by atoms with Crippen molar-refractivity contribution in [3.05, 3.63) is 0 Å². The number of carbonyl (C=O) groups is 2. The van der Waals surface area contributed by atoms with Crippen LogP contribution in [0.25, 0.3) is 0 Å². The molecular formula is C11H16O4. The molecule has 2 atom stereocenters. The number of esters is 2. The number of hydrogen-bond acceptors (Lipinski definition) is 4. The van der Waals surface area contributed by atoms with Gasteiger partial charge in [-0.1, -0.05) is 13.8 Å². The van der Waals surface area contributed by atoms with Gasteiger partial charge in [-0.05, 0) is 19.8 Å². The van der Waals surface area contributed by atoms with Gasteiger partial charge in [-0.25, -0.2) is 4.79 Å². The first-order chi connectivity index (χ1) is 6.82. The van der Waals surface area contributed by atoms with Crippen LogP contribution < -0.4 is 0 Å². The van der Waals surface area contributed by atoms with Crippen molar-refractivity contribution in [1.82, 2.24) is 0 Å². The monoisotopic (exact) mass is 212 g/mol. The van der Waals surface area contributed by atoms with Gasteiger partial charge in [-0.3, -0.25) is 4.79 Å². The molecule has 84 valence electrons. The molecule has 0 N–H and O–H groups in total. The highest BCUT2D eigenvalue weighted by atomic mass is 16.6. The minimum Gasteiger partial charge on any atom is -0.466 e. The Hall–Kier alpha value is -1.06. The molecule has 4 nitrogen and oxygen atoms in total. The predicted octanol–water partition coefficient (Wildman–Crippen LogP) is 1.28. The summed E-state index contributed by atoms with van der Waals surface area (Å²) in [7, 11) is 1.33. The molecule has 4 heteroatoms. The van der Waals surface area contributed by atoms with Crippen LogP contribution in [0.4, 0.5) is 0 Å². The number of hydrogen-bond donors (Lipinski definition) is 0. The third kappa shape index (κ3) is 0.840. The fourth-order valence-electron chi connectivity index (χ4n) is 2.87. The van der Waals surface area contributed by atoms with E-state index in [4.69, 9.17) is 9.47 Å². The lowest BCUT2D eigenvalue weighted by Crippen LogP contribution is -2.48. The zero-order valence-electron chi connectivity index (χ0n) is 9.55. The molecule has 0 spiro atoms. The number of fused-ring (bicyclic) bond motifs is 2. The molecular weight excluding hydrogens is 196 g/mol. The number of rotatable bonds is 1. The van der Waals surface area contributed by atoms with Gasteiger partial charge in [-0.15, -0.1) is 0 Å². The fourth-order valence-corrected chi connectivity index (χ4v) is 2.87. The van der Waals surface area contributed by atoms with Crippen molar-refractivity contribution in [2.24, 2.45) is 10.8 Å². The van der Waals surface area contributed by atoms with Gasteiger partial charge in [0.05, 0.1) is 12.5 Å². The maximum Gasteiger partial charge on any atom is 0.350 e. The minimum absolute atomic E-state index is 0.274. The molecule has 1 aliphatic heterocycles. The molecule has 1 heterocycles. The maximum absolute atomic E-state index is 11.8. The Morgan fingerprint density at radius 3 is 2.27 bits per heavy atom. The number of ether oxygens (including phenoxy) is 2. The summed E-state index contributed by atoms with van der Waals surface area (Å²) in [6.45, 7) is 5.68. The van der Waals surface area contributed by atoms with E-state index in [0.29, 0.717) is 12.8 Å². The summed E-state index contributed by atoms with van der Waals surface area (Å²) in [4.78, 5) is 23.6. The zero-order chi connectivity index (χ0) is 11.5. The van der Waals surface area contributed by atoms with E-state index in [1.54, 1.807) is 0 Å². The molecule has 2 aliphatic rings. The Balaban J connectivity index is 2.54. The van der Waals surface area contributed by atoms with Gasteiger partial charge in [-0.2, -0.15) is 0 Å². The Morgan fingerprint density at radius 1 is 1.33 bits per heavy atom. The van der Waals surface area contributed by atoms with Gasteiger partial charge in [0, 0.05) is 5.41 Å². The molecule has 2 rings (SSSR count). The summed E-state index contributed by atoms with van der Waals surface area (Å²) in [6, 6.07) is 0. The highest BCUT2D eigenvalue weighted by Crippen LogP contribution is 2.65. The van der Waals surface area contributed by atoms with Gasteiger partial charge in [0.2, 0.25) is 5.60 Å². The van der Waals surface area contributed by atoms with Crippen molar-refractivity contribution in [3.63, 3.8) is 0 Å². The summed E-state index contributed by atoms with van der Waals surface area (Å²) < 4.78 is 10.1. The molecule has 0 aromatic carbocycles. The summed E-state index contributed by atoms with van der Waals surface area (Å²) >= 11 is 0. The summed E-state index contributed by atoms with van der Waals surface area (Å²) in [6.07, 6.45) is 1.25. The molecule has 0 aromatic heterocycles. The van der Waals surface area contributed by atoms with Crippen LogP contribution in [-0.4, -0.2) is 24.6 Å². The minimum atomic E-state index is -1.06. The summed E-state index contributed by atoms with van der Waals surface area (Å²) in [5.74, 6) is -0.703. The molecule has 0 radical (unpaired) electrons. The normalized spacial score (nSPS) is 41.5. The van der Waals surface area contributed by atoms with Crippen LogP contribution in [0.3, 0.4) is 0 Å². The first-order valence-electron chi connectivity index (χ1n) is 5.14. The van der Waals surface area contributed by atoms with E-state index in [1.807, 2.05) is 20.8 Å². The molecule has 0 aromatic rings. The molecule has 15 heavy (non-hydrogen) atoms. The zero-order valence-corrected chi connectivity index (χ0v) is 9.55. The van der Waals surface area contributed by atoms with Crippen LogP contribution in [0.2, 0.25) is 0 Å². The van der Waals surface area contributed by atoms with Crippen molar-refractivity contribution in [2.75, 3.05) is 7.11 Å². The topological polar surface area (TPSA) is 52.6 Å². The van der Waals surface area contributed by atoms with Gasteiger partial charge in [0.1, 0.15) is 0 Å². The second-order valence-electron chi connectivity index (χ2n) is 5.17. The van der Waals surface area contributed by atoms with Crippen LogP contribution in [0.5, 0.6) is 0 Å². The van der Waals surface area contributed by atoms with Crippen LogP contribution in [0, 0.1) is 10.8 Å². The van der Waals surface area contributed by atoms with Crippen LogP contribution in [-0.2, 0) is 19.1 Å². The van der Waals surface area contributed by atoms with Crippen molar-refractivity contribution in [3.8, 4) is 0 Å². The first kappa shape index (κ1) is 10.5. The highest BCUT2D eigenvalue weighted by Gasteiger charge is 2.76. The average Bonchev–Trinajstić information content (AvgIpc) is 2.47. The van der Waals surface area contributed by atoms with Crippen LogP contribution in [0.15, 0.2) is 0 Å². The molecule has 2 fully saturated rings. The first-order valence-corrected chi connectivity index (χ1v) is 5.14. The predicted molar refractivity (Wildman–Crippen MR) is 52.0 cm³/mol. The van der Waals surface area contributed by atoms with Crippen molar-refractivity contribution in [2.45, 2.75) is 39.2 Å². The highest BCUT2D eigenvalue weighted by molar-refractivity contribution is 5.93. The molecule has 0 unspecified atom stereocenters. The quantitative estimate of drug-likeness (QED) is 0.614. The van der Waals surface area contributed by atoms with E-state index in [9.17, 15) is 9.59 Å². The van der Waals surface area contributed by atoms with E-state index in [1.165, 1.54) is 7.11 Å². The van der Waals surface area contributed by atoms with Crippen LogP contribution in [0.1, 0.15) is 33.6 Å². The second kappa shape index (κ2) is 2.54. The molecule has 1 saturated carbocycles. The van der Waals surface area contributed by atoms with Crippen molar-refractivity contribution >= 4 is 11.9 Å². The number of carbonyl (C=O) groups excluding carboxylic acids is 2. The van der Waals surface area contributed by atoms with Crippen molar-refractivity contribution < 1.29 is 19.1 Å². The lowest BCUT2D eigenvalue weighted by molar-refractivity contribution is -0.180. The maximum atomic E-state index is 11.8. The standard InChI is InChI=1S/C11H16O4/c1-9(2)10(3)5-6-11(9,8(13)14-4)15-7(10)12/h5-6H2,1-4H3/t10-,11+/m0/s1. The second-order valence-corrected chi connectivity index (χ2v) is 5.17. The van der Waals surface area contributed by atoms with Gasteiger partial charge >= 0.3 is 11.9 Å². The van der Waals surface area contributed by atoms with Gasteiger partial charge in [0.15, 0.2) is 0 Å². The lowest BCUT2D eigenvalue weighted by atomic mass is 9.66. The number of methoxy groups -OCH3 is 1. The third-order valence-electron chi connectivity index (χ3n) is 4.60. The van der Waals surface area contributed by atoms with Gasteiger partial charge < -0.3 is 9.47 Å². The average molecular weight is 212 g/mol. The van der Waals surface area contributed by atoms with E-state index in [2.05, 4.69) is 0 Å². The SMILES string of the molecule is COC(=O)[C@@]12CC[C@@](C)(C(=O)O1)C2(C)C. The van der Waals surface area contributed by atoms with Gasteiger partial charge in [0.25, 0.3) is 0 Å². The van der Waals surface area contributed by atoms with Crippen LogP contribution >= 0.6 is 0 Å². The molecule has 1 aliphatic carbocycles. The third-order valence-corrected chi connectivity index (χ3v) is 4.60. The molecule has 2 bridgehead atoms. The summed E-state index contributed by atoms with van der Waals surface area (Å²) in [5.41, 5.74) is -2.11. The Kier molecular flexibility index (Phi) is 1.77. The van der Waals surface area contributed by atoms with E-state index >= 15 is 0 Å².